The van der Waals surface area contributed by atoms with Crippen molar-refractivity contribution < 1.29 is 5.11 Å². The summed E-state index contributed by atoms with van der Waals surface area (Å²) in [5.74, 6) is 0. The molecule has 1 unspecified atom stereocenters. The van der Waals surface area contributed by atoms with Gasteiger partial charge in [-0.1, -0.05) is 26.8 Å². The minimum Gasteiger partial charge on any atom is -0.388 e. The number of aliphatic hydroxyl groups is 1. The lowest BCUT2D eigenvalue weighted by Gasteiger charge is -2.22. The van der Waals surface area contributed by atoms with Crippen molar-refractivity contribution in [1.82, 2.24) is 9.97 Å². The lowest BCUT2D eigenvalue weighted by molar-refractivity contribution is 0.122. The summed E-state index contributed by atoms with van der Waals surface area (Å²) in [7, 11) is 0. The first-order valence-corrected chi connectivity index (χ1v) is 5.75. The topological polar surface area (TPSA) is 68.9 Å². The van der Waals surface area contributed by atoms with E-state index >= 15 is 0 Å². The van der Waals surface area contributed by atoms with Crippen LogP contribution < -0.4 is 5.69 Å². The second-order valence-corrected chi connectivity index (χ2v) is 5.66. The summed E-state index contributed by atoms with van der Waals surface area (Å²) in [6, 6.07) is 5.49. The van der Waals surface area contributed by atoms with Crippen LogP contribution in [0.3, 0.4) is 0 Å². The Balaban J connectivity index is 2.32. The Hall–Kier alpha value is -1.55. The van der Waals surface area contributed by atoms with E-state index in [1.165, 1.54) is 0 Å². The summed E-state index contributed by atoms with van der Waals surface area (Å²) in [6.45, 7) is 6.27. The van der Waals surface area contributed by atoms with Crippen molar-refractivity contribution in [3.8, 4) is 0 Å². The predicted octanol–water partition coefficient (Wildman–Crippen LogP) is 2.33. The smallest absolute Gasteiger partial charge is 0.323 e. The van der Waals surface area contributed by atoms with Crippen LogP contribution in [-0.2, 0) is 0 Å². The first-order chi connectivity index (χ1) is 7.85. The lowest BCUT2D eigenvalue weighted by atomic mass is 9.87. The summed E-state index contributed by atoms with van der Waals surface area (Å²) >= 11 is 0. The summed E-state index contributed by atoms with van der Waals surface area (Å²) < 4.78 is 0. The van der Waals surface area contributed by atoms with Crippen LogP contribution in [0.2, 0.25) is 0 Å². The number of aliphatic hydroxyl groups excluding tert-OH is 1. The van der Waals surface area contributed by atoms with Crippen molar-refractivity contribution in [2.75, 3.05) is 0 Å². The van der Waals surface area contributed by atoms with E-state index in [4.69, 9.17) is 0 Å². The zero-order chi connectivity index (χ0) is 12.6. The van der Waals surface area contributed by atoms with E-state index in [0.29, 0.717) is 6.42 Å². The quantitative estimate of drug-likeness (QED) is 0.746. The Morgan fingerprint density at radius 2 is 1.88 bits per heavy atom. The molecule has 0 aliphatic rings. The molecule has 4 heteroatoms. The Kier molecular flexibility index (Phi) is 2.83. The van der Waals surface area contributed by atoms with Gasteiger partial charge < -0.3 is 15.1 Å². The van der Waals surface area contributed by atoms with Gasteiger partial charge in [0.1, 0.15) is 0 Å². The van der Waals surface area contributed by atoms with Crippen LogP contribution in [0.1, 0.15) is 38.9 Å². The Morgan fingerprint density at radius 3 is 2.53 bits per heavy atom. The van der Waals surface area contributed by atoms with Gasteiger partial charge in [0.2, 0.25) is 0 Å². The van der Waals surface area contributed by atoms with Crippen LogP contribution in [0, 0.1) is 5.41 Å². The second-order valence-electron chi connectivity index (χ2n) is 5.66. The van der Waals surface area contributed by atoms with Crippen molar-refractivity contribution in [1.29, 1.82) is 0 Å². The van der Waals surface area contributed by atoms with Crippen LogP contribution in [0.15, 0.2) is 23.0 Å². The maximum atomic E-state index is 11.1. The molecule has 2 rings (SSSR count). The van der Waals surface area contributed by atoms with Crippen molar-refractivity contribution in [3.05, 3.63) is 34.2 Å². The molecule has 0 fully saturated rings. The van der Waals surface area contributed by atoms with E-state index < -0.39 is 6.10 Å². The van der Waals surface area contributed by atoms with Gasteiger partial charge in [-0.15, -0.1) is 0 Å². The standard InChI is InChI=1S/C13H18N2O2/c1-13(2,3)7-11(16)8-4-5-9-10(6-8)15-12(17)14-9/h4-6,11,16H,7H2,1-3H3,(H2,14,15,17). The fourth-order valence-electron chi connectivity index (χ4n) is 1.96. The average molecular weight is 234 g/mol. The van der Waals surface area contributed by atoms with Gasteiger partial charge >= 0.3 is 5.69 Å². The number of H-pyrrole nitrogens is 2. The van der Waals surface area contributed by atoms with E-state index in [9.17, 15) is 9.90 Å². The van der Waals surface area contributed by atoms with Gasteiger partial charge in [-0.25, -0.2) is 4.79 Å². The summed E-state index contributed by atoms with van der Waals surface area (Å²) in [5, 5.41) is 10.1. The molecule has 92 valence electrons. The molecule has 0 saturated carbocycles. The molecule has 1 heterocycles. The number of aromatic amines is 2. The minimum absolute atomic E-state index is 0.0694. The van der Waals surface area contributed by atoms with E-state index in [1.54, 1.807) is 0 Å². The Labute approximate surface area is 99.7 Å². The molecule has 0 saturated heterocycles. The number of aromatic nitrogens is 2. The number of benzene rings is 1. The molecule has 17 heavy (non-hydrogen) atoms. The molecular weight excluding hydrogens is 216 g/mol. The number of hydrogen-bond donors (Lipinski definition) is 3. The molecule has 2 aromatic rings. The predicted molar refractivity (Wildman–Crippen MR) is 68.0 cm³/mol. The van der Waals surface area contributed by atoms with Gasteiger partial charge in [-0.05, 0) is 29.5 Å². The van der Waals surface area contributed by atoms with Crippen LogP contribution in [0.25, 0.3) is 11.0 Å². The van der Waals surface area contributed by atoms with Crippen molar-refractivity contribution in [2.24, 2.45) is 5.41 Å². The molecule has 1 aromatic carbocycles. The summed E-state index contributed by atoms with van der Waals surface area (Å²) in [5.41, 5.74) is 2.19. The fourth-order valence-corrected chi connectivity index (χ4v) is 1.96. The Morgan fingerprint density at radius 1 is 1.24 bits per heavy atom. The fraction of sp³-hybridized carbons (Fsp3) is 0.462. The highest BCUT2D eigenvalue weighted by molar-refractivity contribution is 5.75. The summed E-state index contributed by atoms with van der Waals surface area (Å²) in [4.78, 5) is 16.5. The first kappa shape index (κ1) is 11.9. The molecule has 0 spiro atoms. The van der Waals surface area contributed by atoms with Gasteiger partial charge in [0, 0.05) is 0 Å². The normalized spacial score (nSPS) is 14.1. The van der Waals surface area contributed by atoms with Crippen LogP contribution >= 0.6 is 0 Å². The molecule has 0 bridgehead atoms. The van der Waals surface area contributed by atoms with Gasteiger partial charge in [-0.3, -0.25) is 0 Å². The molecule has 3 N–H and O–H groups in total. The monoisotopic (exact) mass is 234 g/mol. The van der Waals surface area contributed by atoms with Crippen LogP contribution in [-0.4, -0.2) is 15.1 Å². The number of rotatable bonds is 2. The first-order valence-electron chi connectivity index (χ1n) is 5.75. The van der Waals surface area contributed by atoms with Crippen molar-refractivity contribution >= 4 is 11.0 Å². The zero-order valence-electron chi connectivity index (χ0n) is 10.4. The van der Waals surface area contributed by atoms with E-state index in [0.717, 1.165) is 16.6 Å². The second kappa shape index (κ2) is 4.04. The lowest BCUT2D eigenvalue weighted by Crippen LogP contribution is -2.11. The molecular formula is C13H18N2O2. The summed E-state index contributed by atoms with van der Waals surface area (Å²) in [6.07, 6.45) is 0.186. The van der Waals surface area contributed by atoms with Crippen molar-refractivity contribution in [3.63, 3.8) is 0 Å². The van der Waals surface area contributed by atoms with Gasteiger partial charge in [0.05, 0.1) is 17.1 Å². The van der Waals surface area contributed by atoms with Gasteiger partial charge in [-0.2, -0.15) is 0 Å². The molecule has 0 aliphatic carbocycles. The third-order valence-corrected chi connectivity index (χ3v) is 2.73. The highest BCUT2D eigenvalue weighted by Gasteiger charge is 2.18. The number of nitrogens with one attached hydrogen (secondary N) is 2. The van der Waals surface area contributed by atoms with E-state index in [2.05, 4.69) is 30.7 Å². The minimum atomic E-state index is -0.502. The van der Waals surface area contributed by atoms with Gasteiger partial charge in [0.15, 0.2) is 0 Å². The SMILES string of the molecule is CC(C)(C)CC(O)c1ccc2[nH]c(=O)[nH]c2c1. The van der Waals surface area contributed by atoms with Crippen molar-refractivity contribution in [2.45, 2.75) is 33.3 Å². The largest absolute Gasteiger partial charge is 0.388 e. The zero-order valence-corrected chi connectivity index (χ0v) is 10.4. The number of imidazole rings is 1. The highest BCUT2D eigenvalue weighted by atomic mass is 16.3. The van der Waals surface area contributed by atoms with Crippen LogP contribution in [0.5, 0.6) is 0 Å². The molecule has 4 nitrogen and oxygen atoms in total. The molecule has 1 atom stereocenters. The third kappa shape index (κ3) is 2.77. The number of fused-ring (bicyclic) bond motifs is 1. The number of hydrogen-bond acceptors (Lipinski definition) is 2. The van der Waals surface area contributed by atoms with E-state index in [-0.39, 0.29) is 11.1 Å². The van der Waals surface area contributed by atoms with E-state index in [1.807, 2.05) is 18.2 Å². The average Bonchev–Trinajstić information content (AvgIpc) is 2.53. The molecule has 1 aromatic heterocycles. The maximum Gasteiger partial charge on any atom is 0.323 e. The highest BCUT2D eigenvalue weighted by Crippen LogP contribution is 2.29. The Bertz CT molecular complexity index is 575. The molecule has 0 amide bonds. The molecule has 0 aliphatic heterocycles. The third-order valence-electron chi connectivity index (χ3n) is 2.73. The van der Waals surface area contributed by atoms with Gasteiger partial charge in [0.25, 0.3) is 0 Å². The maximum absolute atomic E-state index is 11.1. The van der Waals surface area contributed by atoms with Crippen LogP contribution in [0.4, 0.5) is 0 Å². The molecule has 0 radical (unpaired) electrons.